The summed E-state index contributed by atoms with van der Waals surface area (Å²) in [6.45, 7) is 2.34. The van der Waals surface area contributed by atoms with Crippen LogP contribution in [0.15, 0.2) is 43.1 Å². The van der Waals surface area contributed by atoms with Crippen LogP contribution >= 0.6 is 11.6 Å². The zero-order valence-electron chi connectivity index (χ0n) is 24.3. The summed E-state index contributed by atoms with van der Waals surface area (Å²) in [4.78, 5) is 8.74. The van der Waals surface area contributed by atoms with Crippen LogP contribution in [0.2, 0.25) is 5.02 Å². The van der Waals surface area contributed by atoms with Gasteiger partial charge in [-0.15, -0.1) is 10.2 Å². The molecule has 6 rings (SSSR count). The molecule has 17 heteroatoms. The molecule has 0 radical (unpaired) electrons. The van der Waals surface area contributed by atoms with E-state index in [1.54, 1.807) is 40.1 Å². The number of nitrogens with one attached hydrogen (secondary N) is 2. The number of tetrazole rings is 1. The molecule has 4 aromatic rings. The van der Waals surface area contributed by atoms with Crippen molar-refractivity contribution in [2.24, 2.45) is 0 Å². The molecule has 1 aliphatic carbocycles. The van der Waals surface area contributed by atoms with Crippen LogP contribution in [0, 0.1) is 0 Å². The Morgan fingerprint density at radius 1 is 1.11 bits per heavy atom. The first-order chi connectivity index (χ1) is 21.7. The number of nitrogens with zero attached hydrogens (tertiary/aromatic N) is 8. The second kappa shape index (κ2) is 13.5. The van der Waals surface area contributed by atoms with Crippen LogP contribution in [0.3, 0.4) is 0 Å². The Morgan fingerprint density at radius 2 is 1.89 bits per heavy atom. The largest absolute Gasteiger partial charge is 0.487 e. The second-order valence-electron chi connectivity index (χ2n) is 11.1. The molecule has 1 aliphatic heterocycles. The number of ether oxygens (including phenoxy) is 3. The van der Waals surface area contributed by atoms with Gasteiger partial charge in [0.25, 0.3) is 5.88 Å². The number of anilines is 2. The van der Waals surface area contributed by atoms with E-state index in [0.717, 1.165) is 44.5 Å². The van der Waals surface area contributed by atoms with Gasteiger partial charge in [-0.25, -0.2) is 14.6 Å². The molecule has 1 aromatic carbocycles. The topological polar surface area (TPSA) is 139 Å². The lowest BCUT2D eigenvalue weighted by atomic mass is 9.86. The number of hydrogen-bond donors (Lipinski definition) is 2. The van der Waals surface area contributed by atoms with Crippen LogP contribution in [-0.4, -0.2) is 84.1 Å². The summed E-state index contributed by atoms with van der Waals surface area (Å²) < 4.78 is 58.6. The number of alkyl halides is 3. The van der Waals surface area contributed by atoms with Gasteiger partial charge in [-0.05, 0) is 60.7 Å². The van der Waals surface area contributed by atoms with Crippen molar-refractivity contribution in [2.75, 3.05) is 25.1 Å². The van der Waals surface area contributed by atoms with Crippen LogP contribution < -0.4 is 20.1 Å². The Labute approximate surface area is 261 Å². The summed E-state index contributed by atoms with van der Waals surface area (Å²) in [6, 6.07) is 6.08. The van der Waals surface area contributed by atoms with Gasteiger partial charge in [0.15, 0.2) is 6.61 Å². The zero-order chi connectivity index (χ0) is 31.4. The van der Waals surface area contributed by atoms with E-state index in [1.807, 2.05) is 13.0 Å². The highest BCUT2D eigenvalue weighted by Crippen LogP contribution is 2.37. The van der Waals surface area contributed by atoms with Gasteiger partial charge in [0.2, 0.25) is 5.95 Å². The number of halogens is 4. The highest BCUT2D eigenvalue weighted by molar-refractivity contribution is 6.32. The van der Waals surface area contributed by atoms with Crippen molar-refractivity contribution in [1.29, 1.82) is 0 Å². The lowest BCUT2D eigenvalue weighted by Crippen LogP contribution is -2.48. The summed E-state index contributed by atoms with van der Waals surface area (Å²) >= 11 is 6.37. The number of rotatable bonds is 12. The minimum absolute atomic E-state index is 0.0336. The van der Waals surface area contributed by atoms with Crippen molar-refractivity contribution in [3.63, 3.8) is 0 Å². The standard InChI is InChI=1S/C28H32ClF3N10O3/c1-17(13-41-16-35-39-40-41)45-25-8-18(2-3-23(25)29)19-11-33-27(34-12-19)37-24-14-42(38-26(24)44-15-28(30,31)32)22-9-21(10-22)36-20-4-6-43-7-5-20/h2-3,8,11-12,14,16-17,20-22,36H,4-7,9-10,13,15H2,1H3,(H,33,34,37)/t17?,21-,22-. The molecule has 1 saturated heterocycles. The highest BCUT2D eigenvalue weighted by Gasteiger charge is 2.35. The molecule has 2 N–H and O–H groups in total. The van der Waals surface area contributed by atoms with E-state index < -0.39 is 12.8 Å². The SMILES string of the molecule is CC(Cn1cnnn1)Oc1cc(-c2cnc(Nc3cn([C@H]4C[C@H](NC5CCOCC5)C4)nc3OCC(F)(F)F)nc2)ccc1Cl. The van der Waals surface area contributed by atoms with Crippen LogP contribution in [0.25, 0.3) is 11.1 Å². The molecule has 2 fully saturated rings. The first-order valence-electron chi connectivity index (χ1n) is 14.6. The van der Waals surface area contributed by atoms with Crippen LogP contribution in [0.5, 0.6) is 11.6 Å². The van der Waals surface area contributed by atoms with Crippen LogP contribution in [0.4, 0.5) is 24.8 Å². The lowest BCUT2D eigenvalue weighted by molar-refractivity contribution is -0.154. The summed E-state index contributed by atoms with van der Waals surface area (Å²) in [5.74, 6) is 0.469. The van der Waals surface area contributed by atoms with Crippen molar-refractivity contribution in [2.45, 2.75) is 69.6 Å². The van der Waals surface area contributed by atoms with E-state index in [0.29, 0.717) is 35.0 Å². The average Bonchev–Trinajstić information content (AvgIpc) is 3.65. The summed E-state index contributed by atoms with van der Waals surface area (Å²) in [6.07, 6.45) is 5.10. The van der Waals surface area contributed by atoms with E-state index in [9.17, 15) is 13.2 Å². The van der Waals surface area contributed by atoms with Crippen molar-refractivity contribution >= 4 is 23.2 Å². The molecular weight excluding hydrogens is 617 g/mol. The van der Waals surface area contributed by atoms with Gasteiger partial charge in [0.1, 0.15) is 23.9 Å². The first-order valence-corrected chi connectivity index (χ1v) is 15.0. The lowest BCUT2D eigenvalue weighted by Gasteiger charge is -2.39. The van der Waals surface area contributed by atoms with Crippen molar-refractivity contribution in [3.8, 4) is 22.8 Å². The second-order valence-corrected chi connectivity index (χ2v) is 11.5. The molecule has 4 heterocycles. The quantitative estimate of drug-likeness (QED) is 0.223. The maximum atomic E-state index is 13.0. The molecule has 1 saturated carbocycles. The fraction of sp³-hybridized carbons (Fsp3) is 0.500. The number of hydrogen-bond acceptors (Lipinski definition) is 11. The third kappa shape index (κ3) is 8.18. The highest BCUT2D eigenvalue weighted by atomic mass is 35.5. The fourth-order valence-electron chi connectivity index (χ4n) is 5.26. The number of aromatic nitrogens is 8. The molecule has 0 spiro atoms. The molecule has 0 amide bonds. The molecular formula is C28H32ClF3N10O3. The maximum absolute atomic E-state index is 13.0. The Kier molecular flexibility index (Phi) is 9.32. The van der Waals surface area contributed by atoms with E-state index in [2.05, 4.69) is 41.2 Å². The monoisotopic (exact) mass is 648 g/mol. The summed E-state index contributed by atoms with van der Waals surface area (Å²) in [5, 5.41) is 22.4. The van der Waals surface area contributed by atoms with Crippen molar-refractivity contribution in [3.05, 3.63) is 48.1 Å². The van der Waals surface area contributed by atoms with Gasteiger partial charge < -0.3 is 24.8 Å². The predicted molar refractivity (Wildman–Crippen MR) is 156 cm³/mol. The Morgan fingerprint density at radius 3 is 2.60 bits per heavy atom. The van der Waals surface area contributed by atoms with Crippen molar-refractivity contribution in [1.82, 2.24) is 45.3 Å². The van der Waals surface area contributed by atoms with E-state index in [-0.39, 0.29) is 29.7 Å². The Bertz CT molecular complexity index is 1540. The van der Waals surface area contributed by atoms with Gasteiger partial charge in [-0.1, -0.05) is 17.7 Å². The van der Waals surface area contributed by atoms with E-state index in [4.69, 9.17) is 25.8 Å². The summed E-state index contributed by atoms with van der Waals surface area (Å²) in [5.41, 5.74) is 1.68. The van der Waals surface area contributed by atoms with Gasteiger partial charge in [0, 0.05) is 43.3 Å². The minimum atomic E-state index is -4.51. The van der Waals surface area contributed by atoms with Gasteiger partial charge in [-0.2, -0.15) is 13.2 Å². The summed E-state index contributed by atoms with van der Waals surface area (Å²) in [7, 11) is 0. The maximum Gasteiger partial charge on any atom is 0.422 e. The molecule has 13 nitrogen and oxygen atoms in total. The van der Waals surface area contributed by atoms with Gasteiger partial charge in [-0.3, -0.25) is 4.68 Å². The van der Waals surface area contributed by atoms with E-state index >= 15 is 0 Å². The van der Waals surface area contributed by atoms with Gasteiger partial charge in [0.05, 0.1) is 23.8 Å². The van der Waals surface area contributed by atoms with Crippen LogP contribution in [-0.2, 0) is 11.3 Å². The smallest absolute Gasteiger partial charge is 0.422 e. The van der Waals surface area contributed by atoms with Crippen LogP contribution in [0.1, 0.15) is 38.6 Å². The fourth-order valence-corrected chi connectivity index (χ4v) is 5.42. The third-order valence-corrected chi connectivity index (χ3v) is 7.89. The normalized spacial score (nSPS) is 19.6. The molecule has 2 aliphatic rings. The zero-order valence-corrected chi connectivity index (χ0v) is 25.1. The Balaban J connectivity index is 1.11. The molecule has 3 aromatic heterocycles. The first kappa shape index (κ1) is 31.0. The molecule has 0 bridgehead atoms. The predicted octanol–water partition coefficient (Wildman–Crippen LogP) is 4.60. The number of benzene rings is 1. The minimum Gasteiger partial charge on any atom is -0.487 e. The van der Waals surface area contributed by atoms with Crippen molar-refractivity contribution < 1.29 is 27.4 Å². The molecule has 45 heavy (non-hydrogen) atoms. The average molecular weight is 649 g/mol. The molecule has 1 atom stereocenters. The molecule has 1 unspecified atom stereocenters. The van der Waals surface area contributed by atoms with Gasteiger partial charge >= 0.3 is 6.18 Å². The van der Waals surface area contributed by atoms with E-state index in [1.165, 1.54) is 6.33 Å². The third-order valence-electron chi connectivity index (χ3n) is 7.58. The molecule has 240 valence electrons. The Hall–Kier alpha value is -4.02.